The molecule has 1 fully saturated rings. The summed E-state index contributed by atoms with van der Waals surface area (Å²) in [6.07, 6.45) is 2.35. The van der Waals surface area contributed by atoms with Crippen molar-refractivity contribution in [1.82, 2.24) is 10.6 Å². The molecular formula is C13H16BrClN2O. The molecule has 0 bridgehead atoms. The van der Waals surface area contributed by atoms with Crippen LogP contribution in [0.2, 0.25) is 5.02 Å². The van der Waals surface area contributed by atoms with Crippen molar-refractivity contribution in [2.75, 3.05) is 19.6 Å². The highest BCUT2D eigenvalue weighted by Crippen LogP contribution is 2.21. The van der Waals surface area contributed by atoms with E-state index < -0.39 is 0 Å². The van der Waals surface area contributed by atoms with Crippen molar-refractivity contribution in [2.45, 2.75) is 12.8 Å². The molecule has 2 rings (SSSR count). The summed E-state index contributed by atoms with van der Waals surface area (Å²) >= 11 is 9.37. The second-order valence-corrected chi connectivity index (χ2v) is 5.87. The zero-order valence-corrected chi connectivity index (χ0v) is 12.4. The molecule has 3 nitrogen and oxygen atoms in total. The van der Waals surface area contributed by atoms with Crippen LogP contribution in [0.4, 0.5) is 0 Å². The summed E-state index contributed by atoms with van der Waals surface area (Å²) in [4.78, 5) is 12.0. The van der Waals surface area contributed by atoms with E-state index in [1.54, 1.807) is 12.1 Å². The Bertz CT molecular complexity index is 433. The van der Waals surface area contributed by atoms with Crippen LogP contribution in [0, 0.1) is 5.92 Å². The molecule has 1 atom stereocenters. The maximum Gasteiger partial charge on any atom is 0.252 e. The molecule has 0 aliphatic carbocycles. The van der Waals surface area contributed by atoms with Crippen LogP contribution in [0.15, 0.2) is 22.7 Å². The van der Waals surface area contributed by atoms with Crippen LogP contribution in [0.3, 0.4) is 0 Å². The number of amides is 1. The molecule has 1 aromatic carbocycles. The second-order valence-electron chi connectivity index (χ2n) is 4.55. The van der Waals surface area contributed by atoms with Gasteiger partial charge in [-0.2, -0.15) is 0 Å². The fourth-order valence-corrected chi connectivity index (χ4v) is 2.86. The number of piperidine rings is 1. The topological polar surface area (TPSA) is 41.1 Å². The summed E-state index contributed by atoms with van der Waals surface area (Å²) in [7, 11) is 0. The van der Waals surface area contributed by atoms with Crippen molar-refractivity contribution in [2.24, 2.45) is 5.92 Å². The minimum absolute atomic E-state index is 0.0990. The van der Waals surface area contributed by atoms with E-state index in [0.717, 1.165) is 17.6 Å². The summed E-state index contributed by atoms with van der Waals surface area (Å²) in [5, 5.41) is 6.76. The molecular weight excluding hydrogens is 316 g/mol. The number of benzene rings is 1. The first-order valence-corrected chi connectivity index (χ1v) is 7.28. The SMILES string of the molecule is O=C(NC[C@@H]1CCCNC1)c1ccc(Br)cc1Cl. The van der Waals surface area contributed by atoms with Crippen molar-refractivity contribution in [1.29, 1.82) is 0 Å². The Kier molecular flexibility index (Phi) is 5.03. The number of carbonyl (C=O) groups is 1. The smallest absolute Gasteiger partial charge is 0.252 e. The Morgan fingerprint density at radius 2 is 2.39 bits per heavy atom. The predicted molar refractivity (Wildman–Crippen MR) is 77.1 cm³/mol. The minimum Gasteiger partial charge on any atom is -0.352 e. The average molecular weight is 332 g/mol. The van der Waals surface area contributed by atoms with Crippen LogP contribution in [-0.4, -0.2) is 25.5 Å². The van der Waals surface area contributed by atoms with Crippen LogP contribution in [-0.2, 0) is 0 Å². The van der Waals surface area contributed by atoms with Crippen LogP contribution in [0.1, 0.15) is 23.2 Å². The van der Waals surface area contributed by atoms with Gasteiger partial charge in [0.25, 0.3) is 5.91 Å². The highest BCUT2D eigenvalue weighted by Gasteiger charge is 2.15. The van der Waals surface area contributed by atoms with Crippen molar-refractivity contribution in [3.05, 3.63) is 33.3 Å². The van der Waals surface area contributed by atoms with E-state index in [4.69, 9.17) is 11.6 Å². The number of carbonyl (C=O) groups excluding carboxylic acids is 1. The summed E-state index contributed by atoms with van der Waals surface area (Å²) in [6.45, 7) is 2.77. The standard InChI is InChI=1S/C13H16BrClN2O/c14-10-3-4-11(12(15)6-10)13(18)17-8-9-2-1-5-16-7-9/h3-4,6,9,16H,1-2,5,7-8H2,(H,17,18)/t9-/m1/s1. The van der Waals surface area contributed by atoms with Gasteiger partial charge in [-0.05, 0) is 50.0 Å². The third-order valence-corrected chi connectivity index (χ3v) is 3.93. The molecule has 1 aliphatic heterocycles. The van der Waals surface area contributed by atoms with Crippen LogP contribution < -0.4 is 10.6 Å². The van der Waals surface area contributed by atoms with E-state index in [-0.39, 0.29) is 5.91 Å². The van der Waals surface area contributed by atoms with Crippen LogP contribution in [0.25, 0.3) is 0 Å². The molecule has 0 spiro atoms. The van der Waals surface area contributed by atoms with Gasteiger partial charge in [-0.1, -0.05) is 27.5 Å². The van der Waals surface area contributed by atoms with E-state index in [9.17, 15) is 4.79 Å². The zero-order valence-electron chi connectivity index (χ0n) is 10.0. The first kappa shape index (κ1) is 13.8. The Morgan fingerprint density at radius 3 is 3.06 bits per heavy atom. The van der Waals surface area contributed by atoms with E-state index in [1.165, 1.54) is 12.8 Å². The molecule has 5 heteroatoms. The third kappa shape index (κ3) is 3.70. The normalized spacial score (nSPS) is 19.6. The highest BCUT2D eigenvalue weighted by atomic mass is 79.9. The minimum atomic E-state index is -0.0990. The lowest BCUT2D eigenvalue weighted by Crippen LogP contribution is -2.38. The molecule has 0 saturated carbocycles. The number of rotatable bonds is 3. The summed E-state index contributed by atoms with van der Waals surface area (Å²) in [6, 6.07) is 5.29. The lowest BCUT2D eigenvalue weighted by Gasteiger charge is -2.22. The van der Waals surface area contributed by atoms with Gasteiger partial charge < -0.3 is 10.6 Å². The summed E-state index contributed by atoms with van der Waals surface area (Å²) < 4.78 is 0.875. The number of hydrogen-bond acceptors (Lipinski definition) is 2. The van der Waals surface area contributed by atoms with Gasteiger partial charge in [-0.3, -0.25) is 4.79 Å². The Morgan fingerprint density at radius 1 is 1.56 bits per heavy atom. The molecule has 1 saturated heterocycles. The molecule has 2 N–H and O–H groups in total. The number of nitrogens with one attached hydrogen (secondary N) is 2. The van der Waals surface area contributed by atoms with Gasteiger partial charge in [0.05, 0.1) is 10.6 Å². The highest BCUT2D eigenvalue weighted by molar-refractivity contribution is 9.10. The zero-order chi connectivity index (χ0) is 13.0. The maximum atomic E-state index is 12.0. The average Bonchev–Trinajstić information content (AvgIpc) is 2.37. The van der Waals surface area contributed by atoms with Gasteiger partial charge in [0, 0.05) is 11.0 Å². The van der Waals surface area contributed by atoms with E-state index in [1.807, 2.05) is 6.07 Å². The first-order valence-electron chi connectivity index (χ1n) is 6.11. The van der Waals surface area contributed by atoms with Gasteiger partial charge in [0.2, 0.25) is 0 Å². The van der Waals surface area contributed by atoms with Crippen molar-refractivity contribution >= 4 is 33.4 Å². The van der Waals surface area contributed by atoms with Crippen LogP contribution in [0.5, 0.6) is 0 Å². The van der Waals surface area contributed by atoms with E-state index in [0.29, 0.717) is 23.0 Å². The molecule has 1 amide bonds. The van der Waals surface area contributed by atoms with E-state index >= 15 is 0 Å². The maximum absolute atomic E-state index is 12.0. The Hall–Kier alpha value is -0.580. The Labute approximate surface area is 120 Å². The quantitative estimate of drug-likeness (QED) is 0.894. The molecule has 1 aromatic rings. The molecule has 0 aromatic heterocycles. The molecule has 1 heterocycles. The van der Waals surface area contributed by atoms with E-state index in [2.05, 4.69) is 26.6 Å². The molecule has 18 heavy (non-hydrogen) atoms. The predicted octanol–water partition coefficient (Wildman–Crippen LogP) is 2.83. The van der Waals surface area contributed by atoms with Gasteiger partial charge >= 0.3 is 0 Å². The van der Waals surface area contributed by atoms with Gasteiger partial charge in [-0.25, -0.2) is 0 Å². The lowest BCUT2D eigenvalue weighted by molar-refractivity contribution is 0.0945. The van der Waals surface area contributed by atoms with Crippen molar-refractivity contribution < 1.29 is 4.79 Å². The lowest BCUT2D eigenvalue weighted by atomic mass is 10.00. The molecule has 98 valence electrons. The third-order valence-electron chi connectivity index (χ3n) is 3.13. The Balaban J connectivity index is 1.90. The molecule has 0 radical (unpaired) electrons. The van der Waals surface area contributed by atoms with Gasteiger partial charge in [0.15, 0.2) is 0 Å². The summed E-state index contributed by atoms with van der Waals surface area (Å²) in [5.74, 6) is 0.426. The summed E-state index contributed by atoms with van der Waals surface area (Å²) in [5.41, 5.74) is 0.531. The fraction of sp³-hybridized carbons (Fsp3) is 0.462. The fourth-order valence-electron chi connectivity index (χ4n) is 2.10. The number of halogens is 2. The second kappa shape index (κ2) is 6.55. The largest absolute Gasteiger partial charge is 0.352 e. The van der Waals surface area contributed by atoms with Crippen molar-refractivity contribution in [3.8, 4) is 0 Å². The first-order chi connectivity index (χ1) is 8.66. The molecule has 1 aliphatic rings. The van der Waals surface area contributed by atoms with Crippen LogP contribution >= 0.6 is 27.5 Å². The monoisotopic (exact) mass is 330 g/mol. The molecule has 0 unspecified atom stereocenters. The van der Waals surface area contributed by atoms with Gasteiger partial charge in [-0.15, -0.1) is 0 Å². The van der Waals surface area contributed by atoms with Crippen molar-refractivity contribution in [3.63, 3.8) is 0 Å². The number of hydrogen-bond donors (Lipinski definition) is 2. The van der Waals surface area contributed by atoms with Gasteiger partial charge in [0.1, 0.15) is 0 Å².